The molecule has 0 spiro atoms. The molecule has 26 heavy (non-hydrogen) atoms. The summed E-state index contributed by atoms with van der Waals surface area (Å²) in [6.45, 7) is 2.24. The molecule has 1 aliphatic rings. The van der Waals surface area contributed by atoms with E-state index >= 15 is 0 Å². The van der Waals surface area contributed by atoms with Gasteiger partial charge in [-0.1, -0.05) is 0 Å². The molecule has 1 unspecified atom stereocenters. The van der Waals surface area contributed by atoms with E-state index in [0.29, 0.717) is 29.6 Å². The summed E-state index contributed by atoms with van der Waals surface area (Å²) in [7, 11) is 0. The molecule has 2 aromatic heterocycles. The number of hydrogen-bond acceptors (Lipinski definition) is 6. The lowest BCUT2D eigenvalue weighted by molar-refractivity contribution is -0.117. The number of hydrogen-bond donors (Lipinski definition) is 1. The van der Waals surface area contributed by atoms with Gasteiger partial charge in [0, 0.05) is 24.9 Å². The Morgan fingerprint density at radius 3 is 2.96 bits per heavy atom. The summed E-state index contributed by atoms with van der Waals surface area (Å²) in [6.07, 6.45) is 4.20. The quantitative estimate of drug-likeness (QED) is 0.708. The molecule has 0 saturated heterocycles. The second-order valence-electron chi connectivity index (χ2n) is 6.08. The maximum atomic E-state index is 11.3. The number of ether oxygens (including phenoxy) is 2. The minimum atomic E-state index is -0.473. The van der Waals surface area contributed by atoms with Gasteiger partial charge in [-0.05, 0) is 25.1 Å². The first kappa shape index (κ1) is 16.1. The second kappa shape index (κ2) is 6.51. The molecule has 1 amide bonds. The summed E-state index contributed by atoms with van der Waals surface area (Å²) in [5, 5.41) is 8.72. The number of amides is 1. The van der Waals surface area contributed by atoms with E-state index in [1.54, 1.807) is 10.9 Å². The molecule has 0 fully saturated rings. The fourth-order valence-corrected chi connectivity index (χ4v) is 2.88. The van der Waals surface area contributed by atoms with Gasteiger partial charge < -0.3 is 15.2 Å². The van der Waals surface area contributed by atoms with Crippen LogP contribution in [-0.4, -0.2) is 37.2 Å². The molecule has 9 nitrogen and oxygen atoms in total. The average Bonchev–Trinajstić information content (AvgIpc) is 3.34. The molecule has 1 atom stereocenters. The van der Waals surface area contributed by atoms with Crippen LogP contribution in [0.25, 0.3) is 5.69 Å². The molecular weight excluding hydrogens is 336 g/mol. The van der Waals surface area contributed by atoms with Crippen molar-refractivity contribution in [2.45, 2.75) is 25.8 Å². The van der Waals surface area contributed by atoms with Crippen LogP contribution >= 0.6 is 0 Å². The normalized spacial score (nSPS) is 13.7. The lowest BCUT2D eigenvalue weighted by atomic mass is 10.2. The number of primary amides is 1. The summed E-state index contributed by atoms with van der Waals surface area (Å²) < 4.78 is 14.4. The lowest BCUT2D eigenvalue weighted by Crippen LogP contribution is -2.14. The first-order chi connectivity index (χ1) is 12.6. The van der Waals surface area contributed by atoms with Crippen molar-refractivity contribution in [3.8, 4) is 17.2 Å². The Kier molecular flexibility index (Phi) is 4.04. The number of benzene rings is 1. The number of nitrogens with zero attached hydrogens (tertiary/aromatic N) is 5. The Morgan fingerprint density at radius 1 is 1.35 bits per heavy atom. The molecule has 2 N–H and O–H groups in total. The van der Waals surface area contributed by atoms with Gasteiger partial charge in [0.05, 0.1) is 18.2 Å². The zero-order valence-corrected chi connectivity index (χ0v) is 14.2. The van der Waals surface area contributed by atoms with E-state index in [9.17, 15) is 4.79 Å². The van der Waals surface area contributed by atoms with Crippen molar-refractivity contribution >= 4 is 5.91 Å². The highest BCUT2D eigenvalue weighted by Crippen LogP contribution is 2.33. The Hall–Kier alpha value is -3.36. The third kappa shape index (κ3) is 3.10. The highest BCUT2D eigenvalue weighted by molar-refractivity contribution is 5.75. The second-order valence-corrected chi connectivity index (χ2v) is 6.08. The Balaban J connectivity index is 1.69. The van der Waals surface area contributed by atoms with Gasteiger partial charge in [-0.2, -0.15) is 10.2 Å². The van der Waals surface area contributed by atoms with Crippen molar-refractivity contribution < 1.29 is 14.3 Å². The van der Waals surface area contributed by atoms with Crippen LogP contribution in [0, 0.1) is 0 Å². The largest absolute Gasteiger partial charge is 0.454 e. The van der Waals surface area contributed by atoms with Gasteiger partial charge in [0.15, 0.2) is 17.3 Å². The van der Waals surface area contributed by atoms with E-state index < -0.39 is 5.91 Å². The molecule has 0 aliphatic carbocycles. The van der Waals surface area contributed by atoms with Crippen LogP contribution in [0.5, 0.6) is 11.5 Å². The first-order valence-corrected chi connectivity index (χ1v) is 8.22. The number of nitrogens with two attached hydrogens (primary N) is 1. The third-order valence-electron chi connectivity index (χ3n) is 4.11. The SMILES string of the molecule is CC(Cc1nc(CC(N)=O)nn1-c1ccc2c(c1)OCO2)n1cccn1. The highest BCUT2D eigenvalue weighted by Gasteiger charge is 2.19. The minimum Gasteiger partial charge on any atom is -0.454 e. The Morgan fingerprint density at radius 2 is 2.19 bits per heavy atom. The van der Waals surface area contributed by atoms with E-state index in [4.69, 9.17) is 15.2 Å². The maximum Gasteiger partial charge on any atom is 0.231 e. The van der Waals surface area contributed by atoms with Crippen molar-refractivity contribution in [1.29, 1.82) is 0 Å². The number of rotatable bonds is 6. The highest BCUT2D eigenvalue weighted by atomic mass is 16.7. The van der Waals surface area contributed by atoms with E-state index in [-0.39, 0.29) is 19.3 Å². The minimum absolute atomic E-state index is 0.0132. The van der Waals surface area contributed by atoms with Crippen molar-refractivity contribution in [2.24, 2.45) is 5.73 Å². The van der Waals surface area contributed by atoms with Crippen LogP contribution in [0.2, 0.25) is 0 Å². The average molecular weight is 354 g/mol. The van der Waals surface area contributed by atoms with Gasteiger partial charge in [0.1, 0.15) is 5.82 Å². The molecular formula is C17H18N6O3. The molecule has 0 bridgehead atoms. The fraction of sp³-hybridized carbons (Fsp3) is 0.294. The Bertz CT molecular complexity index is 934. The van der Waals surface area contributed by atoms with Crippen LogP contribution in [0.15, 0.2) is 36.7 Å². The van der Waals surface area contributed by atoms with Crippen molar-refractivity contribution in [2.75, 3.05) is 6.79 Å². The summed E-state index contributed by atoms with van der Waals surface area (Å²) >= 11 is 0. The molecule has 134 valence electrons. The smallest absolute Gasteiger partial charge is 0.231 e. The zero-order valence-electron chi connectivity index (χ0n) is 14.2. The number of carbonyl (C=O) groups excluding carboxylic acids is 1. The molecule has 0 saturated carbocycles. The molecule has 9 heteroatoms. The fourth-order valence-electron chi connectivity index (χ4n) is 2.88. The molecule has 3 heterocycles. The van der Waals surface area contributed by atoms with Crippen molar-refractivity contribution in [1.82, 2.24) is 24.5 Å². The van der Waals surface area contributed by atoms with E-state index in [0.717, 1.165) is 5.69 Å². The molecule has 0 radical (unpaired) electrons. The van der Waals surface area contributed by atoms with Gasteiger partial charge in [-0.25, -0.2) is 9.67 Å². The number of carbonyl (C=O) groups is 1. The van der Waals surface area contributed by atoms with Crippen LogP contribution < -0.4 is 15.2 Å². The predicted molar refractivity (Wildman–Crippen MR) is 91.0 cm³/mol. The Labute approximate surface area is 149 Å². The van der Waals surface area contributed by atoms with Crippen molar-refractivity contribution in [3.63, 3.8) is 0 Å². The van der Waals surface area contributed by atoms with Crippen molar-refractivity contribution in [3.05, 3.63) is 48.3 Å². The molecule has 1 aliphatic heterocycles. The topological polar surface area (TPSA) is 110 Å². The van der Waals surface area contributed by atoms with Crippen LogP contribution in [-0.2, 0) is 17.6 Å². The molecule has 1 aromatic carbocycles. The van der Waals surface area contributed by atoms with Crippen LogP contribution in [0.1, 0.15) is 24.6 Å². The zero-order chi connectivity index (χ0) is 18.1. The molecule has 3 aromatic rings. The van der Waals surface area contributed by atoms with Crippen LogP contribution in [0.4, 0.5) is 0 Å². The van der Waals surface area contributed by atoms with Crippen LogP contribution in [0.3, 0.4) is 0 Å². The maximum absolute atomic E-state index is 11.3. The van der Waals surface area contributed by atoms with Gasteiger partial charge in [0.25, 0.3) is 0 Å². The van der Waals surface area contributed by atoms with Gasteiger partial charge in [-0.15, -0.1) is 0 Å². The number of aromatic nitrogens is 5. The summed E-state index contributed by atoms with van der Waals surface area (Å²) in [5.74, 6) is 1.97. The van der Waals surface area contributed by atoms with E-state index in [2.05, 4.69) is 15.2 Å². The van der Waals surface area contributed by atoms with Gasteiger partial charge in [-0.3, -0.25) is 9.48 Å². The third-order valence-corrected chi connectivity index (χ3v) is 4.11. The monoisotopic (exact) mass is 354 g/mol. The molecule has 4 rings (SSSR count). The van der Waals surface area contributed by atoms with Gasteiger partial charge >= 0.3 is 0 Å². The number of fused-ring (bicyclic) bond motifs is 1. The summed E-state index contributed by atoms with van der Waals surface area (Å²) in [6, 6.07) is 7.49. The van der Waals surface area contributed by atoms with E-state index in [1.165, 1.54) is 0 Å². The first-order valence-electron chi connectivity index (χ1n) is 8.22. The summed E-state index contributed by atoms with van der Waals surface area (Å²) in [5.41, 5.74) is 6.07. The predicted octanol–water partition coefficient (Wildman–Crippen LogP) is 1.02. The lowest BCUT2D eigenvalue weighted by Gasteiger charge is -2.12. The van der Waals surface area contributed by atoms with Gasteiger partial charge in [0.2, 0.25) is 12.7 Å². The van der Waals surface area contributed by atoms with E-state index in [1.807, 2.05) is 42.1 Å². The summed E-state index contributed by atoms with van der Waals surface area (Å²) in [4.78, 5) is 15.8. The standard InChI is InChI=1S/C17H18N6O3/c1-11(22-6-2-5-19-22)7-17-20-16(9-15(18)24)21-23(17)12-3-4-13-14(8-12)26-10-25-13/h2-6,8,11H,7,9-10H2,1H3,(H2,18,24).